The van der Waals surface area contributed by atoms with Gasteiger partial charge in [-0.25, -0.2) is 0 Å². The molecule has 1 amide bonds. The minimum Gasteiger partial charge on any atom is -0.383 e. The van der Waals surface area contributed by atoms with E-state index in [-0.39, 0.29) is 5.91 Å². The smallest absolute Gasteiger partial charge is 0.291 e. The van der Waals surface area contributed by atoms with E-state index >= 15 is 0 Å². The summed E-state index contributed by atoms with van der Waals surface area (Å²) in [5.41, 5.74) is 2.23. The van der Waals surface area contributed by atoms with E-state index in [0.717, 1.165) is 20.3 Å². The molecule has 0 unspecified atom stereocenters. The standard InChI is InChI=1S/C20H17ClN2O2S2/c1-12-7-8-14-16(11-12)27-20(23(14)9-10-25-2)22-19(24)18-17(21)13-5-3-4-6-15(13)26-18/h3-8,11H,9-10H2,1-2H3. The molecular formula is C20H17ClN2O2S2. The number of aromatic nitrogens is 1. The highest BCUT2D eigenvalue weighted by molar-refractivity contribution is 7.21. The van der Waals surface area contributed by atoms with Crippen LogP contribution in [0.3, 0.4) is 0 Å². The van der Waals surface area contributed by atoms with Crippen LogP contribution in [0.5, 0.6) is 0 Å². The minimum atomic E-state index is -0.310. The van der Waals surface area contributed by atoms with Gasteiger partial charge in [0.1, 0.15) is 4.88 Å². The van der Waals surface area contributed by atoms with Crippen LogP contribution in [0.1, 0.15) is 15.2 Å². The first-order valence-electron chi connectivity index (χ1n) is 8.43. The summed E-state index contributed by atoms with van der Waals surface area (Å²) in [7, 11) is 1.66. The van der Waals surface area contributed by atoms with Gasteiger partial charge in [-0.3, -0.25) is 4.79 Å². The van der Waals surface area contributed by atoms with Gasteiger partial charge in [0.25, 0.3) is 5.91 Å². The fraction of sp³-hybridized carbons (Fsp3) is 0.200. The maximum Gasteiger partial charge on any atom is 0.291 e. The average Bonchev–Trinajstić information content (AvgIpc) is 3.17. The number of halogens is 1. The first-order chi connectivity index (χ1) is 13.1. The summed E-state index contributed by atoms with van der Waals surface area (Å²) in [6, 6.07) is 14.0. The lowest BCUT2D eigenvalue weighted by Crippen LogP contribution is -2.19. The van der Waals surface area contributed by atoms with Crippen molar-refractivity contribution in [2.45, 2.75) is 13.5 Å². The summed E-state index contributed by atoms with van der Waals surface area (Å²) in [5, 5.41) is 1.37. The molecule has 4 rings (SSSR count). The van der Waals surface area contributed by atoms with Crippen molar-refractivity contribution in [1.82, 2.24) is 4.57 Å². The van der Waals surface area contributed by atoms with Crippen LogP contribution >= 0.6 is 34.3 Å². The van der Waals surface area contributed by atoms with E-state index in [1.54, 1.807) is 7.11 Å². The van der Waals surface area contributed by atoms with Crippen LogP contribution in [0.4, 0.5) is 0 Å². The first kappa shape index (κ1) is 18.4. The molecule has 0 saturated carbocycles. The number of carbonyl (C=O) groups excluding carboxylic acids is 1. The Bertz CT molecular complexity index is 1220. The molecule has 0 aliphatic rings. The van der Waals surface area contributed by atoms with Gasteiger partial charge in [0.05, 0.1) is 21.8 Å². The Morgan fingerprint density at radius 2 is 2.00 bits per heavy atom. The van der Waals surface area contributed by atoms with Gasteiger partial charge >= 0.3 is 0 Å². The number of ether oxygens (including phenoxy) is 1. The highest BCUT2D eigenvalue weighted by Gasteiger charge is 2.17. The van der Waals surface area contributed by atoms with Crippen molar-refractivity contribution in [1.29, 1.82) is 0 Å². The fourth-order valence-corrected chi connectivity index (χ4v) is 5.50. The number of rotatable bonds is 4. The number of amides is 1. The molecule has 2 aromatic heterocycles. The van der Waals surface area contributed by atoms with Crippen LogP contribution in [-0.4, -0.2) is 24.2 Å². The molecule has 0 saturated heterocycles. The van der Waals surface area contributed by atoms with Gasteiger partial charge in [-0.15, -0.1) is 11.3 Å². The van der Waals surface area contributed by atoms with Crippen molar-refractivity contribution in [3.63, 3.8) is 0 Å². The van der Waals surface area contributed by atoms with E-state index in [1.165, 1.54) is 28.2 Å². The Morgan fingerprint density at radius 3 is 2.78 bits per heavy atom. The largest absolute Gasteiger partial charge is 0.383 e. The zero-order chi connectivity index (χ0) is 19.0. The molecule has 0 spiro atoms. The van der Waals surface area contributed by atoms with Crippen molar-refractivity contribution in [2.75, 3.05) is 13.7 Å². The Labute approximate surface area is 169 Å². The lowest BCUT2D eigenvalue weighted by atomic mass is 10.2. The van der Waals surface area contributed by atoms with Crippen LogP contribution in [0.15, 0.2) is 47.5 Å². The van der Waals surface area contributed by atoms with Crippen molar-refractivity contribution >= 4 is 60.5 Å². The number of carbonyl (C=O) groups is 1. The number of thiophene rings is 1. The van der Waals surface area contributed by atoms with E-state index in [4.69, 9.17) is 16.3 Å². The van der Waals surface area contributed by atoms with E-state index in [1.807, 2.05) is 28.8 Å². The second-order valence-electron chi connectivity index (χ2n) is 6.16. The molecule has 0 atom stereocenters. The quantitative estimate of drug-likeness (QED) is 0.455. The van der Waals surface area contributed by atoms with E-state index in [0.29, 0.717) is 27.9 Å². The molecule has 2 aromatic carbocycles. The Balaban J connectivity index is 1.85. The maximum atomic E-state index is 12.9. The molecule has 0 aliphatic heterocycles. The van der Waals surface area contributed by atoms with Crippen LogP contribution < -0.4 is 4.80 Å². The summed E-state index contributed by atoms with van der Waals surface area (Å²) < 4.78 is 9.34. The van der Waals surface area contributed by atoms with Crippen molar-refractivity contribution in [3.05, 3.63) is 62.7 Å². The SMILES string of the molecule is COCCn1c(=NC(=O)c2sc3ccccc3c2Cl)sc2cc(C)ccc21. The molecule has 7 heteroatoms. The highest BCUT2D eigenvalue weighted by atomic mass is 35.5. The van der Waals surface area contributed by atoms with Gasteiger partial charge in [0, 0.05) is 23.7 Å². The second-order valence-corrected chi connectivity index (χ2v) is 8.60. The predicted octanol–water partition coefficient (Wildman–Crippen LogP) is 5.27. The summed E-state index contributed by atoms with van der Waals surface area (Å²) in [6.07, 6.45) is 0. The number of nitrogens with zero attached hydrogens (tertiary/aromatic N) is 2. The molecule has 0 N–H and O–H groups in total. The number of aryl methyl sites for hydroxylation is 1. The topological polar surface area (TPSA) is 43.6 Å². The highest BCUT2D eigenvalue weighted by Crippen LogP contribution is 2.35. The van der Waals surface area contributed by atoms with Crippen LogP contribution in [0.2, 0.25) is 5.02 Å². The average molecular weight is 417 g/mol. The minimum absolute atomic E-state index is 0.310. The third kappa shape index (κ3) is 3.46. The van der Waals surface area contributed by atoms with Crippen molar-refractivity contribution in [2.24, 2.45) is 4.99 Å². The van der Waals surface area contributed by atoms with Crippen LogP contribution in [0.25, 0.3) is 20.3 Å². The Morgan fingerprint density at radius 1 is 1.19 bits per heavy atom. The number of thiazole rings is 1. The molecule has 4 aromatic rings. The molecule has 0 aliphatic carbocycles. The van der Waals surface area contributed by atoms with Gasteiger partial charge in [-0.05, 0) is 30.7 Å². The van der Waals surface area contributed by atoms with Gasteiger partial charge in [-0.2, -0.15) is 4.99 Å². The first-order valence-corrected chi connectivity index (χ1v) is 10.4. The summed E-state index contributed by atoms with van der Waals surface area (Å²) >= 11 is 9.33. The molecule has 0 bridgehead atoms. The number of benzene rings is 2. The third-order valence-electron chi connectivity index (χ3n) is 4.28. The zero-order valence-corrected chi connectivity index (χ0v) is 17.2. The lowest BCUT2D eigenvalue weighted by Gasteiger charge is -2.04. The molecule has 138 valence electrons. The van der Waals surface area contributed by atoms with E-state index in [9.17, 15) is 4.79 Å². The summed E-state index contributed by atoms with van der Waals surface area (Å²) in [5.74, 6) is -0.310. The van der Waals surface area contributed by atoms with Gasteiger partial charge in [0.2, 0.25) is 0 Å². The zero-order valence-electron chi connectivity index (χ0n) is 14.9. The fourth-order valence-electron chi connectivity index (χ4n) is 2.95. The van der Waals surface area contributed by atoms with Crippen LogP contribution in [-0.2, 0) is 11.3 Å². The number of hydrogen-bond acceptors (Lipinski definition) is 4. The van der Waals surface area contributed by atoms with Crippen molar-refractivity contribution in [3.8, 4) is 0 Å². The van der Waals surface area contributed by atoms with Crippen LogP contribution in [0, 0.1) is 6.92 Å². The predicted molar refractivity (Wildman–Crippen MR) is 113 cm³/mol. The second kappa shape index (κ2) is 7.56. The molecule has 0 radical (unpaired) electrons. The van der Waals surface area contributed by atoms with E-state index in [2.05, 4.69) is 30.1 Å². The van der Waals surface area contributed by atoms with Crippen molar-refractivity contribution < 1.29 is 9.53 Å². The molecular weight excluding hydrogens is 400 g/mol. The summed E-state index contributed by atoms with van der Waals surface area (Å²) in [6.45, 7) is 3.23. The monoisotopic (exact) mass is 416 g/mol. The number of hydrogen-bond donors (Lipinski definition) is 0. The normalized spacial score (nSPS) is 12.3. The van der Waals surface area contributed by atoms with Gasteiger partial charge < -0.3 is 9.30 Å². The van der Waals surface area contributed by atoms with E-state index < -0.39 is 0 Å². The number of fused-ring (bicyclic) bond motifs is 2. The van der Waals surface area contributed by atoms with Gasteiger partial charge in [0.15, 0.2) is 4.80 Å². The lowest BCUT2D eigenvalue weighted by molar-refractivity contribution is 0.100. The maximum absolute atomic E-state index is 12.9. The van der Waals surface area contributed by atoms with Gasteiger partial charge in [-0.1, -0.05) is 47.2 Å². The summed E-state index contributed by atoms with van der Waals surface area (Å²) in [4.78, 5) is 18.4. The Hall–Kier alpha value is -1.99. The molecule has 0 fully saturated rings. The Kier molecular flexibility index (Phi) is 5.14. The third-order valence-corrected chi connectivity index (χ3v) is 6.99. The molecule has 27 heavy (non-hydrogen) atoms. The number of methoxy groups -OCH3 is 1. The molecule has 2 heterocycles. The molecule has 4 nitrogen and oxygen atoms in total.